The Balaban J connectivity index is 2.73. The van der Waals surface area contributed by atoms with Gasteiger partial charge in [-0.05, 0) is 18.2 Å². The molecule has 1 aromatic carbocycles. The van der Waals surface area contributed by atoms with Gasteiger partial charge in [-0.15, -0.1) is 0 Å². The third-order valence-electron chi connectivity index (χ3n) is 2.14. The molecule has 0 unspecified atom stereocenters. The maximum absolute atomic E-state index is 6.11. The van der Waals surface area contributed by atoms with Crippen molar-refractivity contribution in [3.63, 3.8) is 0 Å². The molecular formula is C11H10BrClN2. The van der Waals surface area contributed by atoms with Crippen LogP contribution >= 0.6 is 27.5 Å². The van der Waals surface area contributed by atoms with Crippen LogP contribution in [0.15, 0.2) is 22.7 Å². The number of nitrogens with zero attached hydrogens (tertiary/aromatic N) is 2. The van der Waals surface area contributed by atoms with Crippen LogP contribution in [0.1, 0.15) is 25.6 Å². The molecule has 0 aliphatic carbocycles. The van der Waals surface area contributed by atoms with Gasteiger partial charge in [0.2, 0.25) is 0 Å². The monoisotopic (exact) mass is 284 g/mol. The summed E-state index contributed by atoms with van der Waals surface area (Å²) in [7, 11) is 0. The van der Waals surface area contributed by atoms with Gasteiger partial charge in [0.15, 0.2) is 0 Å². The second-order valence-electron chi connectivity index (χ2n) is 3.69. The van der Waals surface area contributed by atoms with Crippen molar-refractivity contribution in [1.82, 2.24) is 9.97 Å². The van der Waals surface area contributed by atoms with Crippen LogP contribution in [-0.2, 0) is 0 Å². The molecule has 0 aliphatic heterocycles. The molecule has 0 atom stereocenters. The average Bonchev–Trinajstić information content (AvgIpc) is 2.18. The quantitative estimate of drug-likeness (QED) is 0.735. The SMILES string of the molecule is CC(C)c1nc(Cl)c2cc(Br)ccc2n1. The lowest BCUT2D eigenvalue weighted by molar-refractivity contribution is 0.783. The maximum atomic E-state index is 6.11. The van der Waals surface area contributed by atoms with Gasteiger partial charge in [-0.25, -0.2) is 9.97 Å². The van der Waals surface area contributed by atoms with Crippen LogP contribution in [0.3, 0.4) is 0 Å². The van der Waals surface area contributed by atoms with E-state index < -0.39 is 0 Å². The summed E-state index contributed by atoms with van der Waals surface area (Å²) in [5.74, 6) is 1.07. The Bertz CT molecular complexity index is 511. The summed E-state index contributed by atoms with van der Waals surface area (Å²) in [6, 6.07) is 5.83. The lowest BCUT2D eigenvalue weighted by Crippen LogP contribution is -1.98. The Morgan fingerprint density at radius 3 is 2.67 bits per heavy atom. The van der Waals surface area contributed by atoms with Gasteiger partial charge in [-0.3, -0.25) is 0 Å². The third kappa shape index (κ3) is 2.13. The van der Waals surface area contributed by atoms with Crippen LogP contribution in [0.4, 0.5) is 0 Å². The lowest BCUT2D eigenvalue weighted by atomic mass is 10.2. The van der Waals surface area contributed by atoms with E-state index in [1.807, 2.05) is 18.2 Å². The zero-order valence-corrected chi connectivity index (χ0v) is 10.8. The maximum Gasteiger partial charge on any atom is 0.140 e. The Hall–Kier alpha value is -0.670. The predicted molar refractivity (Wildman–Crippen MR) is 66.3 cm³/mol. The molecule has 15 heavy (non-hydrogen) atoms. The van der Waals surface area contributed by atoms with E-state index in [0.29, 0.717) is 5.15 Å². The molecule has 0 N–H and O–H groups in total. The molecule has 2 aromatic rings. The molecule has 0 amide bonds. The summed E-state index contributed by atoms with van der Waals surface area (Å²) in [4.78, 5) is 8.74. The van der Waals surface area contributed by atoms with Crippen LogP contribution in [0.25, 0.3) is 10.9 Å². The molecule has 2 rings (SSSR count). The van der Waals surface area contributed by atoms with Crippen molar-refractivity contribution in [2.75, 3.05) is 0 Å². The van der Waals surface area contributed by atoms with Crippen molar-refractivity contribution in [3.8, 4) is 0 Å². The molecule has 1 heterocycles. The van der Waals surface area contributed by atoms with Crippen molar-refractivity contribution in [3.05, 3.63) is 33.6 Å². The summed E-state index contributed by atoms with van der Waals surface area (Å²) in [5, 5.41) is 1.40. The van der Waals surface area contributed by atoms with E-state index in [-0.39, 0.29) is 5.92 Å². The number of rotatable bonds is 1. The molecule has 0 aliphatic rings. The number of halogens is 2. The predicted octanol–water partition coefficient (Wildman–Crippen LogP) is 4.17. The second kappa shape index (κ2) is 4.06. The van der Waals surface area contributed by atoms with E-state index in [0.717, 1.165) is 21.2 Å². The minimum absolute atomic E-state index is 0.288. The van der Waals surface area contributed by atoms with Crippen LogP contribution < -0.4 is 0 Å². The van der Waals surface area contributed by atoms with E-state index in [9.17, 15) is 0 Å². The van der Waals surface area contributed by atoms with Gasteiger partial charge in [-0.1, -0.05) is 41.4 Å². The molecule has 78 valence electrons. The fourth-order valence-electron chi connectivity index (χ4n) is 1.34. The average molecular weight is 286 g/mol. The summed E-state index contributed by atoms with van der Waals surface area (Å²) < 4.78 is 0.984. The molecule has 0 spiro atoms. The molecule has 0 radical (unpaired) electrons. The molecule has 0 bridgehead atoms. The molecule has 0 fully saturated rings. The highest BCUT2D eigenvalue weighted by molar-refractivity contribution is 9.10. The zero-order chi connectivity index (χ0) is 11.0. The summed E-state index contributed by atoms with van der Waals surface area (Å²) in [6.07, 6.45) is 0. The van der Waals surface area contributed by atoms with Gasteiger partial charge in [0.1, 0.15) is 11.0 Å². The fourth-order valence-corrected chi connectivity index (χ4v) is 1.94. The zero-order valence-electron chi connectivity index (χ0n) is 8.46. The molecule has 0 saturated heterocycles. The van der Waals surface area contributed by atoms with Gasteiger partial charge in [-0.2, -0.15) is 0 Å². The topological polar surface area (TPSA) is 25.8 Å². The number of hydrogen-bond acceptors (Lipinski definition) is 2. The van der Waals surface area contributed by atoms with Crippen molar-refractivity contribution >= 4 is 38.4 Å². The first-order valence-electron chi connectivity index (χ1n) is 4.70. The van der Waals surface area contributed by atoms with Gasteiger partial charge in [0.05, 0.1) is 5.52 Å². The Labute approximate surface area is 102 Å². The smallest absolute Gasteiger partial charge is 0.140 e. The molecule has 1 aromatic heterocycles. The largest absolute Gasteiger partial charge is 0.233 e. The van der Waals surface area contributed by atoms with E-state index in [1.54, 1.807) is 0 Å². The highest BCUT2D eigenvalue weighted by Crippen LogP contribution is 2.25. The van der Waals surface area contributed by atoms with Crippen molar-refractivity contribution in [2.24, 2.45) is 0 Å². The van der Waals surface area contributed by atoms with E-state index in [2.05, 4.69) is 39.7 Å². The molecule has 4 heteroatoms. The van der Waals surface area contributed by atoms with Crippen LogP contribution in [0.5, 0.6) is 0 Å². The minimum Gasteiger partial charge on any atom is -0.233 e. The highest BCUT2D eigenvalue weighted by atomic mass is 79.9. The van der Waals surface area contributed by atoms with Crippen molar-refractivity contribution < 1.29 is 0 Å². The third-order valence-corrected chi connectivity index (χ3v) is 2.93. The first-order valence-corrected chi connectivity index (χ1v) is 5.87. The Morgan fingerprint density at radius 2 is 2.00 bits per heavy atom. The molecular weight excluding hydrogens is 275 g/mol. The van der Waals surface area contributed by atoms with Crippen LogP contribution in [-0.4, -0.2) is 9.97 Å². The lowest BCUT2D eigenvalue weighted by Gasteiger charge is -2.06. The first-order chi connectivity index (χ1) is 7.08. The van der Waals surface area contributed by atoms with Crippen LogP contribution in [0.2, 0.25) is 5.15 Å². The summed E-state index contributed by atoms with van der Waals surface area (Å²) in [5.41, 5.74) is 0.891. The summed E-state index contributed by atoms with van der Waals surface area (Å²) >= 11 is 9.51. The van der Waals surface area contributed by atoms with Gasteiger partial charge < -0.3 is 0 Å². The Kier molecular flexibility index (Phi) is 2.94. The number of hydrogen-bond donors (Lipinski definition) is 0. The van der Waals surface area contributed by atoms with Crippen LogP contribution in [0, 0.1) is 0 Å². The van der Waals surface area contributed by atoms with Gasteiger partial charge in [0, 0.05) is 15.8 Å². The summed E-state index contributed by atoms with van der Waals surface area (Å²) in [6.45, 7) is 4.10. The standard InChI is InChI=1S/C11H10BrClN2/c1-6(2)11-14-9-4-3-7(12)5-8(9)10(13)15-11/h3-6H,1-2H3. The van der Waals surface area contributed by atoms with Crippen molar-refractivity contribution in [1.29, 1.82) is 0 Å². The van der Waals surface area contributed by atoms with Gasteiger partial charge >= 0.3 is 0 Å². The van der Waals surface area contributed by atoms with Gasteiger partial charge in [0.25, 0.3) is 0 Å². The van der Waals surface area contributed by atoms with E-state index in [4.69, 9.17) is 11.6 Å². The molecule has 0 saturated carbocycles. The molecule has 2 nitrogen and oxygen atoms in total. The first kappa shape index (κ1) is 10.8. The Morgan fingerprint density at radius 1 is 1.27 bits per heavy atom. The highest BCUT2D eigenvalue weighted by Gasteiger charge is 2.08. The number of fused-ring (bicyclic) bond motifs is 1. The minimum atomic E-state index is 0.288. The normalized spacial score (nSPS) is 11.3. The number of benzene rings is 1. The van der Waals surface area contributed by atoms with Crippen molar-refractivity contribution in [2.45, 2.75) is 19.8 Å². The fraction of sp³-hybridized carbons (Fsp3) is 0.273. The number of aromatic nitrogens is 2. The second-order valence-corrected chi connectivity index (χ2v) is 4.96. The van der Waals surface area contributed by atoms with E-state index >= 15 is 0 Å². The van der Waals surface area contributed by atoms with E-state index in [1.165, 1.54) is 0 Å².